The molecule has 1 saturated heterocycles. The number of aromatic nitrogens is 1. The molecule has 1 aliphatic rings. The van der Waals surface area contributed by atoms with E-state index < -0.39 is 0 Å². The lowest BCUT2D eigenvalue weighted by Crippen LogP contribution is -2.59. The zero-order valence-electron chi connectivity index (χ0n) is 10.2. The number of carbonyl (C=O) groups is 1. The Morgan fingerprint density at radius 1 is 1.65 bits per heavy atom. The summed E-state index contributed by atoms with van der Waals surface area (Å²) < 4.78 is 1.79. The lowest BCUT2D eigenvalue weighted by atomic mass is 10.1. The van der Waals surface area contributed by atoms with Crippen molar-refractivity contribution in [1.29, 1.82) is 0 Å². The summed E-state index contributed by atoms with van der Waals surface area (Å²) in [6.45, 7) is 4.67. The Bertz CT molecular complexity index is 412. The van der Waals surface area contributed by atoms with Crippen LogP contribution in [0.1, 0.15) is 23.8 Å². The Balaban J connectivity index is 2.17. The van der Waals surface area contributed by atoms with Crippen molar-refractivity contribution < 1.29 is 4.79 Å². The average Bonchev–Trinajstić information content (AvgIpc) is 2.53. The molecule has 17 heavy (non-hydrogen) atoms. The first-order valence-electron chi connectivity index (χ1n) is 5.97. The Morgan fingerprint density at radius 2 is 2.35 bits per heavy atom. The topological polar surface area (TPSA) is 37.3 Å². The number of halogens is 1. The number of hydrogen-bond acceptors (Lipinski definition) is 2. The van der Waals surface area contributed by atoms with Crippen LogP contribution in [0.25, 0.3) is 0 Å². The van der Waals surface area contributed by atoms with E-state index in [1.165, 1.54) is 0 Å². The highest BCUT2D eigenvalue weighted by Crippen LogP contribution is 2.17. The minimum Gasteiger partial charge on any atom is -0.345 e. The third-order valence-corrected chi connectivity index (χ3v) is 3.32. The molecular formula is C12H18ClN3O. The van der Waals surface area contributed by atoms with Crippen molar-refractivity contribution in [2.45, 2.75) is 19.4 Å². The number of amides is 1. The van der Waals surface area contributed by atoms with Gasteiger partial charge in [0.1, 0.15) is 5.69 Å². The molecule has 0 saturated carbocycles. The predicted molar refractivity (Wildman–Crippen MR) is 68.4 cm³/mol. The summed E-state index contributed by atoms with van der Waals surface area (Å²) in [5.41, 5.74) is 0.662. The van der Waals surface area contributed by atoms with Crippen LogP contribution in [-0.2, 0) is 7.05 Å². The zero-order valence-corrected chi connectivity index (χ0v) is 11.0. The number of rotatable bonds is 4. The van der Waals surface area contributed by atoms with Crippen molar-refractivity contribution >= 4 is 17.5 Å². The molecule has 0 atom stereocenters. The Labute approximate surface area is 107 Å². The Morgan fingerprint density at radius 3 is 2.76 bits per heavy atom. The van der Waals surface area contributed by atoms with Crippen LogP contribution in [0.3, 0.4) is 0 Å². The molecule has 1 aliphatic heterocycles. The van der Waals surface area contributed by atoms with Gasteiger partial charge in [-0.1, -0.05) is 18.5 Å². The minimum atomic E-state index is 0.0766. The first kappa shape index (κ1) is 12.5. The Hall–Kier alpha value is -1.00. The molecule has 0 aromatic carbocycles. The van der Waals surface area contributed by atoms with Crippen LogP contribution in [-0.4, -0.2) is 41.1 Å². The highest BCUT2D eigenvalue weighted by atomic mass is 35.5. The molecule has 2 rings (SSSR count). The smallest absolute Gasteiger partial charge is 0.270 e. The minimum absolute atomic E-state index is 0.0766. The quantitative estimate of drug-likeness (QED) is 0.886. The maximum absolute atomic E-state index is 12.4. The van der Waals surface area contributed by atoms with Gasteiger partial charge in [-0.15, -0.1) is 0 Å². The van der Waals surface area contributed by atoms with Crippen molar-refractivity contribution in [2.75, 3.05) is 19.6 Å². The van der Waals surface area contributed by atoms with Crippen LogP contribution in [0, 0.1) is 0 Å². The predicted octanol–water partition coefficient (Wildman–Crippen LogP) is 1.50. The highest BCUT2D eigenvalue weighted by Gasteiger charge is 2.29. The van der Waals surface area contributed by atoms with Crippen LogP contribution in [0.15, 0.2) is 12.3 Å². The normalized spacial score (nSPS) is 15.7. The standard InChI is InChI=1S/C12H18ClN3O/c1-3-4-16(10-6-14-7-10)12(17)11-5-9(13)8-15(11)2/h5,8,10,14H,3-4,6-7H2,1-2H3. The third kappa shape index (κ3) is 2.48. The first-order chi connectivity index (χ1) is 8.13. The van der Waals surface area contributed by atoms with Crippen LogP contribution < -0.4 is 5.32 Å². The second-order valence-electron chi connectivity index (χ2n) is 4.47. The van der Waals surface area contributed by atoms with E-state index in [4.69, 9.17) is 11.6 Å². The fourth-order valence-corrected chi connectivity index (χ4v) is 2.32. The number of nitrogens with one attached hydrogen (secondary N) is 1. The van der Waals surface area contributed by atoms with Gasteiger partial charge in [-0.25, -0.2) is 0 Å². The summed E-state index contributed by atoms with van der Waals surface area (Å²) in [5, 5.41) is 3.81. The van der Waals surface area contributed by atoms with Crippen LogP contribution in [0.4, 0.5) is 0 Å². The highest BCUT2D eigenvalue weighted by molar-refractivity contribution is 6.31. The van der Waals surface area contributed by atoms with Crippen molar-refractivity contribution in [3.63, 3.8) is 0 Å². The third-order valence-electron chi connectivity index (χ3n) is 3.12. The molecule has 1 N–H and O–H groups in total. The molecule has 0 radical (unpaired) electrons. The summed E-state index contributed by atoms with van der Waals surface area (Å²) in [5.74, 6) is 0.0766. The first-order valence-corrected chi connectivity index (χ1v) is 6.34. The average molecular weight is 256 g/mol. The number of hydrogen-bond donors (Lipinski definition) is 1. The fraction of sp³-hybridized carbons (Fsp3) is 0.583. The van der Waals surface area contributed by atoms with Crippen LogP contribution >= 0.6 is 11.6 Å². The Kier molecular flexibility index (Phi) is 3.74. The van der Waals surface area contributed by atoms with Gasteiger partial charge in [0.15, 0.2) is 0 Å². The molecule has 0 spiro atoms. The van der Waals surface area contributed by atoms with Crippen LogP contribution in [0.5, 0.6) is 0 Å². The van der Waals surface area contributed by atoms with Gasteiger partial charge < -0.3 is 14.8 Å². The molecule has 0 bridgehead atoms. The summed E-state index contributed by atoms with van der Waals surface area (Å²) in [6, 6.07) is 2.06. The van der Waals surface area contributed by atoms with E-state index in [1.54, 1.807) is 16.8 Å². The molecule has 0 aliphatic carbocycles. The summed E-state index contributed by atoms with van der Waals surface area (Å²) >= 11 is 5.92. The van der Waals surface area contributed by atoms with E-state index in [0.717, 1.165) is 26.1 Å². The summed E-state index contributed by atoms with van der Waals surface area (Å²) in [4.78, 5) is 14.4. The van der Waals surface area contributed by atoms with Gasteiger partial charge in [0.05, 0.1) is 11.1 Å². The van der Waals surface area contributed by atoms with E-state index in [0.29, 0.717) is 16.8 Å². The molecule has 94 valence electrons. The van der Waals surface area contributed by atoms with Gasteiger partial charge in [-0.05, 0) is 12.5 Å². The largest absolute Gasteiger partial charge is 0.345 e. The van der Waals surface area contributed by atoms with Crippen molar-refractivity contribution in [3.05, 3.63) is 23.0 Å². The molecule has 1 aromatic heterocycles. The van der Waals surface area contributed by atoms with Gasteiger partial charge in [-0.2, -0.15) is 0 Å². The van der Waals surface area contributed by atoms with Gasteiger partial charge in [0.2, 0.25) is 0 Å². The molecule has 1 fully saturated rings. The molecule has 0 unspecified atom stereocenters. The SMILES string of the molecule is CCCN(C(=O)c1cc(Cl)cn1C)C1CNC1. The molecular weight excluding hydrogens is 238 g/mol. The summed E-state index contributed by atoms with van der Waals surface area (Å²) in [7, 11) is 1.85. The van der Waals surface area contributed by atoms with Gasteiger partial charge in [0.25, 0.3) is 5.91 Å². The van der Waals surface area contributed by atoms with Gasteiger partial charge >= 0.3 is 0 Å². The molecule has 1 aromatic rings. The van der Waals surface area contributed by atoms with Crippen LogP contribution in [0.2, 0.25) is 5.02 Å². The van der Waals surface area contributed by atoms with Gasteiger partial charge in [-0.3, -0.25) is 4.79 Å². The molecule has 2 heterocycles. The van der Waals surface area contributed by atoms with E-state index >= 15 is 0 Å². The fourth-order valence-electron chi connectivity index (χ4n) is 2.07. The van der Waals surface area contributed by atoms with Crippen molar-refractivity contribution in [3.8, 4) is 0 Å². The number of nitrogens with zero attached hydrogens (tertiary/aromatic N) is 2. The van der Waals surface area contributed by atoms with Crippen molar-refractivity contribution in [2.24, 2.45) is 7.05 Å². The maximum Gasteiger partial charge on any atom is 0.270 e. The van der Waals surface area contributed by atoms with E-state index in [2.05, 4.69) is 12.2 Å². The van der Waals surface area contributed by atoms with Crippen molar-refractivity contribution in [1.82, 2.24) is 14.8 Å². The summed E-state index contributed by atoms with van der Waals surface area (Å²) in [6.07, 6.45) is 2.73. The van der Waals surface area contributed by atoms with E-state index in [9.17, 15) is 4.79 Å². The molecule has 4 nitrogen and oxygen atoms in total. The monoisotopic (exact) mass is 255 g/mol. The number of carbonyl (C=O) groups excluding carboxylic acids is 1. The maximum atomic E-state index is 12.4. The van der Waals surface area contributed by atoms with E-state index in [1.807, 2.05) is 11.9 Å². The number of aryl methyl sites for hydroxylation is 1. The second kappa shape index (κ2) is 5.10. The van der Waals surface area contributed by atoms with Gasteiger partial charge in [0, 0.05) is 32.9 Å². The molecule has 5 heteroatoms. The van der Waals surface area contributed by atoms with E-state index in [-0.39, 0.29) is 5.91 Å². The second-order valence-corrected chi connectivity index (χ2v) is 4.90. The zero-order chi connectivity index (χ0) is 12.4. The lowest BCUT2D eigenvalue weighted by Gasteiger charge is -2.38. The molecule has 1 amide bonds. The lowest BCUT2D eigenvalue weighted by molar-refractivity contribution is 0.0606.